The fourth-order valence-corrected chi connectivity index (χ4v) is 1.48. The van der Waals surface area contributed by atoms with Crippen LogP contribution in [0.25, 0.3) is 0 Å². The van der Waals surface area contributed by atoms with E-state index in [0.717, 1.165) is 0 Å². The first kappa shape index (κ1) is 16.1. The normalized spacial score (nSPS) is 10.7. The zero-order chi connectivity index (χ0) is 13.2. The molecule has 0 atom stereocenters. The molecule has 0 fully saturated rings. The van der Waals surface area contributed by atoms with Gasteiger partial charge in [-0.05, 0) is 12.1 Å². The minimum atomic E-state index is -4.60. The number of nitrogens with zero attached hydrogens (tertiary/aromatic N) is 2. The average Bonchev–Trinajstić information content (AvgIpc) is 2.28. The predicted molar refractivity (Wildman–Crippen MR) is 61.1 cm³/mol. The number of alkyl halides is 3. The molecular weight excluding hydrogens is 330 g/mol. The van der Waals surface area contributed by atoms with Gasteiger partial charge in [0, 0.05) is 45.3 Å². The summed E-state index contributed by atoms with van der Waals surface area (Å²) in [5.74, 6) is -0.287. The summed E-state index contributed by atoms with van der Waals surface area (Å²) >= 11 is 0. The van der Waals surface area contributed by atoms with E-state index in [1.165, 1.54) is 36.4 Å². The van der Waals surface area contributed by atoms with Crippen LogP contribution in [0.2, 0.25) is 0 Å². The second kappa shape index (κ2) is 6.48. The van der Waals surface area contributed by atoms with Gasteiger partial charge >= 0.3 is 6.30 Å². The van der Waals surface area contributed by atoms with Crippen molar-refractivity contribution in [2.24, 2.45) is 0 Å². The molecule has 1 aromatic carbocycles. The summed E-state index contributed by atoms with van der Waals surface area (Å²) in [7, 11) is 0. The Balaban J connectivity index is 0.00000180. The van der Waals surface area contributed by atoms with Gasteiger partial charge in [-0.1, -0.05) is 11.8 Å². The van der Waals surface area contributed by atoms with Crippen molar-refractivity contribution in [3.8, 4) is 0 Å². The first-order chi connectivity index (χ1) is 8.48. The summed E-state index contributed by atoms with van der Waals surface area (Å²) in [6.07, 6.45) is -4.60. The average molecular weight is 338 g/mol. The second-order valence-corrected chi connectivity index (χ2v) is 3.47. The molecule has 0 aliphatic rings. The van der Waals surface area contributed by atoms with Crippen LogP contribution in [0.4, 0.5) is 24.7 Å². The monoisotopic (exact) mass is 338 g/mol. The SMILES string of the molecule is [CH]c1cccc(N(c2[c-]cccc2)C(F)(F)F)n1.[Y]. The van der Waals surface area contributed by atoms with Crippen LogP contribution >= 0.6 is 0 Å². The Bertz CT molecular complexity index is 529. The van der Waals surface area contributed by atoms with Gasteiger partial charge in [0.2, 0.25) is 0 Å². The fourth-order valence-electron chi connectivity index (χ4n) is 1.48. The molecule has 0 bridgehead atoms. The topological polar surface area (TPSA) is 16.1 Å². The van der Waals surface area contributed by atoms with Gasteiger partial charge in [-0.25, -0.2) is 4.98 Å². The zero-order valence-electron chi connectivity index (χ0n) is 9.72. The summed E-state index contributed by atoms with van der Waals surface area (Å²) in [6, 6.07) is 12.4. The molecule has 0 amide bonds. The maximum atomic E-state index is 13.0. The smallest absolute Gasteiger partial charge is 0.260 e. The quantitative estimate of drug-likeness (QED) is 0.615. The molecule has 2 aromatic rings. The third-order valence-electron chi connectivity index (χ3n) is 2.17. The Hall–Kier alpha value is -0.936. The number of pyridine rings is 1. The summed E-state index contributed by atoms with van der Waals surface area (Å²) in [5, 5.41) is 0. The van der Waals surface area contributed by atoms with Gasteiger partial charge in [0.05, 0.1) is 0 Å². The first-order valence-corrected chi connectivity index (χ1v) is 5.05. The van der Waals surface area contributed by atoms with Gasteiger partial charge in [-0.15, -0.1) is 19.2 Å². The summed E-state index contributed by atoms with van der Waals surface area (Å²) < 4.78 is 39.1. The minimum Gasteiger partial charge on any atom is -0.260 e. The third kappa shape index (κ3) is 4.01. The molecule has 0 saturated carbocycles. The van der Waals surface area contributed by atoms with Gasteiger partial charge in [-0.2, -0.15) is 24.3 Å². The van der Waals surface area contributed by atoms with Gasteiger partial charge in [0.15, 0.2) is 0 Å². The van der Waals surface area contributed by atoms with Crippen molar-refractivity contribution in [3.05, 3.63) is 61.1 Å². The van der Waals surface area contributed by atoms with Crippen LogP contribution in [0.1, 0.15) is 5.69 Å². The van der Waals surface area contributed by atoms with Crippen molar-refractivity contribution in [3.63, 3.8) is 0 Å². The number of benzene rings is 1. The van der Waals surface area contributed by atoms with Crippen molar-refractivity contribution >= 4 is 11.5 Å². The number of aromatic nitrogens is 1. The molecular formula is C13H8F3N2Y-. The first-order valence-electron chi connectivity index (χ1n) is 5.05. The van der Waals surface area contributed by atoms with Gasteiger partial charge in [0.25, 0.3) is 0 Å². The molecule has 2 nitrogen and oxygen atoms in total. The van der Waals surface area contributed by atoms with Crippen molar-refractivity contribution < 1.29 is 45.9 Å². The molecule has 19 heavy (non-hydrogen) atoms. The Labute approximate surface area is 134 Å². The number of hydrogen-bond donors (Lipinski definition) is 0. The van der Waals surface area contributed by atoms with Crippen LogP contribution in [0, 0.1) is 13.0 Å². The molecule has 2 rings (SSSR count). The van der Waals surface area contributed by atoms with Crippen molar-refractivity contribution in [2.45, 2.75) is 6.30 Å². The van der Waals surface area contributed by atoms with Crippen molar-refractivity contribution in [2.75, 3.05) is 4.90 Å². The minimum absolute atomic E-state index is 0. The van der Waals surface area contributed by atoms with E-state index in [4.69, 9.17) is 6.92 Å². The summed E-state index contributed by atoms with van der Waals surface area (Å²) in [4.78, 5) is 3.81. The van der Waals surface area contributed by atoms with Crippen LogP contribution in [-0.2, 0) is 32.7 Å². The van der Waals surface area contributed by atoms with Gasteiger partial charge < -0.3 is 0 Å². The standard InChI is InChI=1S/C13H8F3N2.Y/c1-10-6-5-9-12(17-10)18(13(14,15)16)11-7-3-2-4-8-11;/h1-7,9H;/q-1;. The number of anilines is 2. The van der Waals surface area contributed by atoms with Crippen molar-refractivity contribution in [1.29, 1.82) is 0 Å². The molecule has 6 heteroatoms. The number of rotatable bonds is 2. The van der Waals surface area contributed by atoms with E-state index in [-0.39, 0.29) is 54.8 Å². The van der Waals surface area contributed by atoms with E-state index in [9.17, 15) is 13.2 Å². The van der Waals surface area contributed by atoms with Gasteiger partial charge in [0.1, 0.15) is 5.82 Å². The molecule has 0 aliphatic carbocycles. The Kier molecular flexibility index (Phi) is 5.50. The van der Waals surface area contributed by atoms with Crippen LogP contribution in [0.3, 0.4) is 0 Å². The molecule has 3 radical (unpaired) electrons. The van der Waals surface area contributed by atoms with Gasteiger partial charge in [-0.3, -0.25) is 4.90 Å². The van der Waals surface area contributed by atoms with E-state index < -0.39 is 6.30 Å². The second-order valence-electron chi connectivity index (χ2n) is 3.47. The van der Waals surface area contributed by atoms with Crippen LogP contribution in [0.15, 0.2) is 42.5 Å². The van der Waals surface area contributed by atoms with Crippen LogP contribution in [0.5, 0.6) is 0 Å². The summed E-state index contributed by atoms with van der Waals surface area (Å²) in [5.41, 5.74) is -0.110. The molecule has 0 N–H and O–H groups in total. The Morgan fingerprint density at radius 3 is 2.37 bits per heavy atom. The van der Waals surface area contributed by atoms with E-state index in [0.29, 0.717) is 0 Å². The molecule has 0 spiro atoms. The Morgan fingerprint density at radius 1 is 1.11 bits per heavy atom. The third-order valence-corrected chi connectivity index (χ3v) is 2.17. The molecule has 0 aliphatic heterocycles. The molecule has 1 aromatic heterocycles. The molecule has 1 heterocycles. The van der Waals surface area contributed by atoms with Crippen molar-refractivity contribution in [1.82, 2.24) is 4.98 Å². The predicted octanol–water partition coefficient (Wildman–Crippen LogP) is 3.60. The maximum absolute atomic E-state index is 13.0. The maximum Gasteiger partial charge on any atom is 0.488 e. The number of para-hydroxylation sites is 1. The van der Waals surface area contributed by atoms with Crippen LogP contribution in [-0.4, -0.2) is 11.3 Å². The van der Waals surface area contributed by atoms with Crippen LogP contribution < -0.4 is 4.90 Å². The van der Waals surface area contributed by atoms with E-state index in [2.05, 4.69) is 11.1 Å². The molecule has 95 valence electrons. The molecule has 0 saturated heterocycles. The zero-order valence-corrected chi connectivity index (χ0v) is 12.6. The largest absolute Gasteiger partial charge is 0.488 e. The summed E-state index contributed by atoms with van der Waals surface area (Å²) in [6.45, 7) is 5.40. The van der Waals surface area contributed by atoms with E-state index in [1.807, 2.05) is 0 Å². The molecule has 0 unspecified atom stereocenters. The number of halogens is 3. The van der Waals surface area contributed by atoms with E-state index in [1.54, 1.807) is 6.07 Å². The van der Waals surface area contributed by atoms with E-state index >= 15 is 0 Å². The Morgan fingerprint density at radius 2 is 1.84 bits per heavy atom. The fraction of sp³-hybridized carbons (Fsp3) is 0.0769. The number of hydrogen-bond acceptors (Lipinski definition) is 2.